The molecule has 0 atom stereocenters. The van der Waals surface area contributed by atoms with Gasteiger partial charge < -0.3 is 10.2 Å². The summed E-state index contributed by atoms with van der Waals surface area (Å²) in [5.41, 5.74) is 0.970. The quantitative estimate of drug-likeness (QED) is 0.604. The summed E-state index contributed by atoms with van der Waals surface area (Å²) >= 11 is 0. The molecule has 1 N–H and O–H groups in total. The summed E-state index contributed by atoms with van der Waals surface area (Å²) in [5, 5.41) is 2.70. The lowest BCUT2D eigenvalue weighted by Crippen LogP contribution is -2.35. The number of hydrogen-bond donors (Lipinski definition) is 1. The maximum absolute atomic E-state index is 11.0. The summed E-state index contributed by atoms with van der Waals surface area (Å²) in [6.45, 7) is 0.401. The Labute approximate surface area is 70.2 Å². The fourth-order valence-corrected chi connectivity index (χ4v) is 1.27. The molecule has 0 aromatic carbocycles. The van der Waals surface area contributed by atoms with Crippen LogP contribution in [0.3, 0.4) is 0 Å². The lowest BCUT2D eigenvalue weighted by molar-refractivity contribution is -0.115. The van der Waals surface area contributed by atoms with Gasteiger partial charge in [-0.05, 0) is 12.1 Å². The standard InChI is InChI=1S/C8H9N3O/c1-11-5-7(12)10-8-6(11)3-2-4-9-8/h2-4H,5H2,1H3,(H,9,10,12). The number of aromatic nitrogens is 1. The average Bonchev–Trinajstić information content (AvgIpc) is 2.04. The van der Waals surface area contributed by atoms with E-state index in [0.717, 1.165) is 5.69 Å². The molecule has 1 aliphatic heterocycles. The number of carbonyl (C=O) groups excluding carboxylic acids is 1. The van der Waals surface area contributed by atoms with Gasteiger partial charge in [0, 0.05) is 13.2 Å². The van der Waals surface area contributed by atoms with Crippen LogP contribution in [-0.4, -0.2) is 24.5 Å². The molecule has 4 nitrogen and oxygen atoms in total. The van der Waals surface area contributed by atoms with E-state index >= 15 is 0 Å². The molecular formula is C8H9N3O. The molecule has 2 heterocycles. The molecule has 0 spiro atoms. The van der Waals surface area contributed by atoms with E-state index in [1.807, 2.05) is 24.1 Å². The van der Waals surface area contributed by atoms with Crippen molar-refractivity contribution in [2.24, 2.45) is 0 Å². The second kappa shape index (κ2) is 2.48. The van der Waals surface area contributed by atoms with E-state index in [0.29, 0.717) is 12.4 Å². The number of fused-ring (bicyclic) bond motifs is 1. The lowest BCUT2D eigenvalue weighted by atomic mass is 10.3. The van der Waals surface area contributed by atoms with Crippen LogP contribution in [0.15, 0.2) is 18.3 Å². The zero-order valence-electron chi connectivity index (χ0n) is 6.74. The molecule has 4 heteroatoms. The topological polar surface area (TPSA) is 45.2 Å². The van der Waals surface area contributed by atoms with Crippen LogP contribution < -0.4 is 10.2 Å². The van der Waals surface area contributed by atoms with E-state index in [2.05, 4.69) is 10.3 Å². The molecule has 1 aromatic rings. The van der Waals surface area contributed by atoms with Gasteiger partial charge in [-0.15, -0.1) is 0 Å². The van der Waals surface area contributed by atoms with Crippen LogP contribution >= 0.6 is 0 Å². The molecule has 0 bridgehead atoms. The molecule has 0 radical (unpaired) electrons. The number of likely N-dealkylation sites (N-methyl/N-ethyl adjacent to an activating group) is 1. The van der Waals surface area contributed by atoms with Gasteiger partial charge in [0.05, 0.1) is 12.2 Å². The molecule has 1 aromatic heterocycles. The second-order valence-corrected chi connectivity index (χ2v) is 2.78. The van der Waals surface area contributed by atoms with Crippen molar-refractivity contribution >= 4 is 17.4 Å². The summed E-state index contributed by atoms with van der Waals surface area (Å²) in [6.07, 6.45) is 1.66. The Morgan fingerprint density at radius 3 is 3.33 bits per heavy atom. The van der Waals surface area contributed by atoms with E-state index in [1.54, 1.807) is 6.20 Å². The highest BCUT2D eigenvalue weighted by atomic mass is 16.2. The predicted octanol–water partition coefficient (Wildman–Crippen LogP) is 0.470. The summed E-state index contributed by atoms with van der Waals surface area (Å²) in [4.78, 5) is 17.0. The Hall–Kier alpha value is -1.58. The molecule has 12 heavy (non-hydrogen) atoms. The number of pyridine rings is 1. The van der Waals surface area contributed by atoms with E-state index in [1.165, 1.54) is 0 Å². The van der Waals surface area contributed by atoms with E-state index in [4.69, 9.17) is 0 Å². The van der Waals surface area contributed by atoms with Crippen molar-refractivity contribution in [1.82, 2.24) is 4.98 Å². The maximum atomic E-state index is 11.0. The average molecular weight is 163 g/mol. The van der Waals surface area contributed by atoms with Crippen LogP contribution in [0.2, 0.25) is 0 Å². The number of nitrogens with zero attached hydrogens (tertiary/aromatic N) is 2. The third kappa shape index (κ3) is 1.01. The first-order chi connectivity index (χ1) is 5.77. The SMILES string of the molecule is CN1CC(=O)Nc2ncccc21. The molecule has 62 valence electrons. The van der Waals surface area contributed by atoms with Gasteiger partial charge in [0.25, 0.3) is 0 Å². The van der Waals surface area contributed by atoms with E-state index in [9.17, 15) is 4.79 Å². The normalized spacial score (nSPS) is 15.4. The van der Waals surface area contributed by atoms with Crippen LogP contribution in [0.5, 0.6) is 0 Å². The summed E-state index contributed by atoms with van der Waals surface area (Å²) in [7, 11) is 1.87. The first kappa shape index (κ1) is 7.09. The van der Waals surface area contributed by atoms with Crippen LogP contribution in [0.1, 0.15) is 0 Å². The van der Waals surface area contributed by atoms with Crippen molar-refractivity contribution in [1.29, 1.82) is 0 Å². The van der Waals surface area contributed by atoms with Gasteiger partial charge >= 0.3 is 0 Å². The minimum absolute atomic E-state index is 0.0105. The summed E-state index contributed by atoms with van der Waals surface area (Å²) in [5.74, 6) is 0.639. The smallest absolute Gasteiger partial charge is 0.245 e. The van der Waals surface area contributed by atoms with Gasteiger partial charge in [-0.1, -0.05) is 0 Å². The highest BCUT2D eigenvalue weighted by Crippen LogP contribution is 2.24. The Balaban J connectivity index is 2.47. The third-order valence-electron chi connectivity index (χ3n) is 1.84. The molecule has 0 saturated carbocycles. The Morgan fingerprint density at radius 1 is 1.67 bits per heavy atom. The van der Waals surface area contributed by atoms with Crippen molar-refractivity contribution in [3.63, 3.8) is 0 Å². The minimum atomic E-state index is -0.0105. The number of rotatable bonds is 0. The Morgan fingerprint density at radius 2 is 2.50 bits per heavy atom. The van der Waals surface area contributed by atoms with Gasteiger partial charge in [-0.3, -0.25) is 4.79 Å². The first-order valence-corrected chi connectivity index (χ1v) is 3.73. The maximum Gasteiger partial charge on any atom is 0.245 e. The summed E-state index contributed by atoms with van der Waals surface area (Å²) < 4.78 is 0. The Bertz CT molecular complexity index is 324. The molecule has 0 unspecified atom stereocenters. The largest absolute Gasteiger partial charge is 0.362 e. The molecule has 2 rings (SSSR count). The molecule has 1 aliphatic rings. The zero-order valence-corrected chi connectivity index (χ0v) is 6.74. The van der Waals surface area contributed by atoms with Gasteiger partial charge in [0.15, 0.2) is 5.82 Å². The molecule has 0 saturated heterocycles. The molecule has 1 amide bonds. The second-order valence-electron chi connectivity index (χ2n) is 2.78. The molecular weight excluding hydrogens is 154 g/mol. The van der Waals surface area contributed by atoms with Crippen molar-refractivity contribution in [3.05, 3.63) is 18.3 Å². The molecule has 0 aliphatic carbocycles. The third-order valence-corrected chi connectivity index (χ3v) is 1.84. The zero-order chi connectivity index (χ0) is 8.55. The van der Waals surface area contributed by atoms with Crippen molar-refractivity contribution in [3.8, 4) is 0 Å². The lowest BCUT2D eigenvalue weighted by Gasteiger charge is -2.25. The van der Waals surface area contributed by atoms with Crippen LogP contribution in [-0.2, 0) is 4.79 Å². The highest BCUT2D eigenvalue weighted by molar-refractivity contribution is 5.99. The first-order valence-electron chi connectivity index (χ1n) is 3.73. The van der Waals surface area contributed by atoms with Crippen molar-refractivity contribution < 1.29 is 4.79 Å². The number of anilines is 2. The van der Waals surface area contributed by atoms with Gasteiger partial charge in [0.2, 0.25) is 5.91 Å². The van der Waals surface area contributed by atoms with Crippen LogP contribution in [0, 0.1) is 0 Å². The minimum Gasteiger partial charge on any atom is -0.362 e. The van der Waals surface area contributed by atoms with Crippen molar-refractivity contribution in [2.45, 2.75) is 0 Å². The monoisotopic (exact) mass is 163 g/mol. The number of carbonyl (C=O) groups is 1. The highest BCUT2D eigenvalue weighted by Gasteiger charge is 2.18. The Kier molecular flexibility index (Phi) is 1.46. The number of hydrogen-bond acceptors (Lipinski definition) is 3. The van der Waals surface area contributed by atoms with Crippen LogP contribution in [0.4, 0.5) is 11.5 Å². The number of nitrogens with one attached hydrogen (secondary N) is 1. The van der Waals surface area contributed by atoms with Gasteiger partial charge in [-0.25, -0.2) is 4.98 Å². The van der Waals surface area contributed by atoms with Gasteiger partial charge in [-0.2, -0.15) is 0 Å². The van der Waals surface area contributed by atoms with Crippen molar-refractivity contribution in [2.75, 3.05) is 23.8 Å². The van der Waals surface area contributed by atoms with Gasteiger partial charge in [0.1, 0.15) is 0 Å². The predicted molar refractivity (Wildman–Crippen MR) is 46.1 cm³/mol. The fraction of sp³-hybridized carbons (Fsp3) is 0.250. The summed E-state index contributed by atoms with van der Waals surface area (Å²) in [6, 6.07) is 3.79. The molecule has 0 fully saturated rings. The van der Waals surface area contributed by atoms with E-state index < -0.39 is 0 Å². The van der Waals surface area contributed by atoms with Crippen LogP contribution in [0.25, 0.3) is 0 Å². The fourth-order valence-electron chi connectivity index (χ4n) is 1.27. The number of amides is 1. The van der Waals surface area contributed by atoms with E-state index in [-0.39, 0.29) is 5.91 Å².